The molecule has 0 amide bonds. The number of aromatic nitrogens is 5. The molecule has 3 aliphatic carbocycles. The van der Waals surface area contributed by atoms with Crippen LogP contribution in [0.4, 0.5) is 0 Å². The molecule has 1 N–H and O–H groups in total. The Morgan fingerprint density at radius 1 is 1.09 bits per heavy atom. The smallest absolute Gasteiger partial charge is 0.376 e. The number of ether oxygens (including phenoxy) is 1. The van der Waals surface area contributed by atoms with E-state index in [1.54, 1.807) is 10.6 Å². The largest absolute Gasteiger partial charge is 0.463 e. The van der Waals surface area contributed by atoms with Gasteiger partial charge in [0.25, 0.3) is 5.56 Å². The molecule has 3 saturated carbocycles. The lowest BCUT2D eigenvalue weighted by Gasteiger charge is -2.52. The third-order valence-electron chi connectivity index (χ3n) is 8.16. The van der Waals surface area contributed by atoms with E-state index >= 15 is 0 Å². The number of aryl methyl sites for hydroxylation is 1. The van der Waals surface area contributed by atoms with Crippen molar-refractivity contribution in [2.75, 3.05) is 7.11 Å². The van der Waals surface area contributed by atoms with Gasteiger partial charge >= 0.3 is 11.7 Å². The Labute approximate surface area is 202 Å². The van der Waals surface area contributed by atoms with Crippen molar-refractivity contribution in [2.24, 2.45) is 5.41 Å². The highest BCUT2D eigenvalue weighted by molar-refractivity contribution is 5.86. The zero-order chi connectivity index (χ0) is 24.8. The Balaban J connectivity index is 1.43. The van der Waals surface area contributed by atoms with Crippen LogP contribution >= 0.6 is 0 Å². The second-order valence-electron chi connectivity index (χ2n) is 10.3. The van der Waals surface area contributed by atoms with Gasteiger partial charge in [-0.3, -0.25) is 13.9 Å². The van der Waals surface area contributed by atoms with Gasteiger partial charge in [0.15, 0.2) is 5.52 Å². The molecule has 35 heavy (non-hydrogen) atoms. The third kappa shape index (κ3) is 3.83. The SMILES string of the molecule is CCCn1c(=O)c2nc(C34CCC(Cc5cc(C(=O)OC)on5)(CC3)CC4)[nH]c2n(CCC)c1=O. The molecular weight excluding hydrogens is 450 g/mol. The lowest BCUT2D eigenvalue weighted by molar-refractivity contribution is 0.0348. The number of esters is 1. The number of hydrogen-bond acceptors (Lipinski definition) is 7. The van der Waals surface area contributed by atoms with Crippen molar-refractivity contribution in [3.63, 3.8) is 0 Å². The number of nitrogens with one attached hydrogen (secondary N) is 1. The predicted octanol–water partition coefficient (Wildman–Crippen LogP) is 3.32. The fourth-order valence-electron chi connectivity index (χ4n) is 6.13. The van der Waals surface area contributed by atoms with Crippen molar-refractivity contribution in [3.8, 4) is 0 Å². The van der Waals surface area contributed by atoms with Gasteiger partial charge in [-0.15, -0.1) is 0 Å². The van der Waals surface area contributed by atoms with Crippen molar-refractivity contribution >= 4 is 17.1 Å². The monoisotopic (exact) mass is 483 g/mol. The topological polar surface area (TPSA) is 125 Å². The van der Waals surface area contributed by atoms with Gasteiger partial charge in [0.05, 0.1) is 12.8 Å². The minimum Gasteiger partial charge on any atom is -0.463 e. The molecule has 10 heteroatoms. The molecule has 10 nitrogen and oxygen atoms in total. The van der Waals surface area contributed by atoms with Crippen LogP contribution in [0, 0.1) is 5.41 Å². The summed E-state index contributed by atoms with van der Waals surface area (Å²) in [5.74, 6) is 0.455. The van der Waals surface area contributed by atoms with Crippen LogP contribution in [0.2, 0.25) is 0 Å². The second-order valence-corrected chi connectivity index (χ2v) is 10.3. The summed E-state index contributed by atoms with van der Waals surface area (Å²) in [7, 11) is 1.32. The second kappa shape index (κ2) is 8.80. The first kappa shape index (κ1) is 23.6. The van der Waals surface area contributed by atoms with Gasteiger partial charge in [0.2, 0.25) is 5.76 Å². The van der Waals surface area contributed by atoms with E-state index in [4.69, 9.17) is 14.2 Å². The quantitative estimate of drug-likeness (QED) is 0.487. The van der Waals surface area contributed by atoms with Gasteiger partial charge in [-0.05, 0) is 63.2 Å². The van der Waals surface area contributed by atoms with Crippen LogP contribution in [0.5, 0.6) is 0 Å². The van der Waals surface area contributed by atoms with E-state index in [1.807, 2.05) is 13.8 Å². The first-order valence-corrected chi connectivity index (χ1v) is 12.6. The highest BCUT2D eigenvalue weighted by Gasteiger charge is 2.51. The summed E-state index contributed by atoms with van der Waals surface area (Å²) in [5, 5.41) is 4.10. The molecule has 0 aromatic carbocycles. The van der Waals surface area contributed by atoms with Crippen molar-refractivity contribution in [1.82, 2.24) is 24.3 Å². The molecular formula is C25H33N5O5. The number of fused-ring (bicyclic) bond motifs is 4. The number of methoxy groups -OCH3 is 1. The highest BCUT2D eigenvalue weighted by Crippen LogP contribution is 2.58. The lowest BCUT2D eigenvalue weighted by atomic mass is 9.52. The predicted molar refractivity (Wildman–Crippen MR) is 129 cm³/mol. The maximum Gasteiger partial charge on any atom is 0.376 e. The van der Waals surface area contributed by atoms with Crippen LogP contribution in [-0.4, -0.2) is 37.3 Å². The number of nitrogens with zero attached hydrogens (tertiary/aromatic N) is 4. The van der Waals surface area contributed by atoms with Gasteiger partial charge in [-0.2, -0.15) is 0 Å². The summed E-state index contributed by atoms with van der Waals surface area (Å²) in [6.45, 7) is 4.92. The lowest BCUT2D eigenvalue weighted by Crippen LogP contribution is -2.45. The van der Waals surface area contributed by atoms with Crippen LogP contribution in [-0.2, 0) is 29.7 Å². The van der Waals surface area contributed by atoms with Gasteiger partial charge in [-0.25, -0.2) is 14.6 Å². The van der Waals surface area contributed by atoms with Crippen LogP contribution in [0.15, 0.2) is 20.2 Å². The molecule has 3 aliphatic rings. The maximum atomic E-state index is 13.1. The molecule has 6 rings (SSSR count). The number of rotatable bonds is 8. The van der Waals surface area contributed by atoms with Gasteiger partial charge in [0, 0.05) is 24.6 Å². The molecule has 2 bridgehead atoms. The van der Waals surface area contributed by atoms with Crippen molar-refractivity contribution in [2.45, 2.75) is 90.1 Å². The molecule has 188 valence electrons. The summed E-state index contributed by atoms with van der Waals surface area (Å²) in [5.41, 5.74) is 1.15. The van der Waals surface area contributed by atoms with E-state index in [9.17, 15) is 14.4 Å². The standard InChI is InChI=1S/C25H33N5O5/c1-4-12-29-19-18(20(31)30(13-5-2)23(29)33)26-22(27-19)25-9-6-24(7-10-25,8-11-25)15-16-14-17(35-28-16)21(32)34-3/h14H,4-13,15H2,1-3H3,(H,26,27). The number of imidazole rings is 1. The first-order chi connectivity index (χ1) is 16.8. The van der Waals surface area contributed by atoms with E-state index < -0.39 is 5.97 Å². The van der Waals surface area contributed by atoms with Gasteiger partial charge < -0.3 is 14.2 Å². The Hall–Kier alpha value is -3.17. The summed E-state index contributed by atoms with van der Waals surface area (Å²) in [4.78, 5) is 46.2. The van der Waals surface area contributed by atoms with Crippen LogP contribution in [0.1, 0.15) is 87.3 Å². The molecule has 3 fully saturated rings. The van der Waals surface area contributed by atoms with E-state index in [0.29, 0.717) is 30.7 Å². The van der Waals surface area contributed by atoms with Crippen molar-refractivity contribution in [1.29, 1.82) is 0 Å². The van der Waals surface area contributed by atoms with Crippen LogP contribution in [0.3, 0.4) is 0 Å². The molecule has 3 aromatic heterocycles. The fourth-order valence-corrected chi connectivity index (χ4v) is 6.13. The third-order valence-corrected chi connectivity index (χ3v) is 8.16. The van der Waals surface area contributed by atoms with E-state index in [0.717, 1.165) is 62.9 Å². The summed E-state index contributed by atoms with van der Waals surface area (Å²) in [6, 6.07) is 1.69. The van der Waals surface area contributed by atoms with Gasteiger partial charge in [0.1, 0.15) is 11.5 Å². The maximum absolute atomic E-state index is 13.1. The minimum atomic E-state index is -0.517. The molecule has 0 saturated heterocycles. The molecule has 0 unspecified atom stereocenters. The molecule has 3 aromatic rings. The van der Waals surface area contributed by atoms with E-state index in [-0.39, 0.29) is 27.8 Å². The highest BCUT2D eigenvalue weighted by atomic mass is 16.5. The Morgan fingerprint density at radius 2 is 1.74 bits per heavy atom. The average Bonchev–Trinajstić information content (AvgIpc) is 3.53. The zero-order valence-electron chi connectivity index (χ0n) is 20.7. The zero-order valence-corrected chi connectivity index (χ0v) is 20.7. The number of aromatic amines is 1. The number of carbonyl (C=O) groups excluding carboxylic acids is 1. The Kier molecular flexibility index (Phi) is 5.93. The summed E-state index contributed by atoms with van der Waals surface area (Å²) >= 11 is 0. The van der Waals surface area contributed by atoms with Gasteiger partial charge in [-0.1, -0.05) is 19.0 Å². The summed E-state index contributed by atoms with van der Waals surface area (Å²) < 4.78 is 12.9. The normalized spacial score (nSPS) is 23.7. The number of H-pyrrole nitrogens is 1. The molecule has 0 atom stereocenters. The Bertz CT molecular complexity index is 1350. The summed E-state index contributed by atoms with van der Waals surface area (Å²) in [6.07, 6.45) is 8.15. The van der Waals surface area contributed by atoms with E-state index in [2.05, 4.69) is 10.1 Å². The van der Waals surface area contributed by atoms with Crippen LogP contribution in [0.25, 0.3) is 11.2 Å². The van der Waals surface area contributed by atoms with E-state index in [1.165, 1.54) is 11.7 Å². The molecule has 0 aliphatic heterocycles. The minimum absolute atomic E-state index is 0.114. The number of hydrogen-bond donors (Lipinski definition) is 1. The van der Waals surface area contributed by atoms with Crippen LogP contribution < -0.4 is 11.2 Å². The fraction of sp³-hybridized carbons (Fsp3) is 0.640. The average molecular weight is 484 g/mol. The first-order valence-electron chi connectivity index (χ1n) is 12.6. The Morgan fingerprint density at radius 3 is 2.37 bits per heavy atom. The number of carbonyl (C=O) groups is 1. The molecule has 3 heterocycles. The van der Waals surface area contributed by atoms with Crippen molar-refractivity contribution in [3.05, 3.63) is 44.2 Å². The molecule has 0 spiro atoms. The van der Waals surface area contributed by atoms with Crippen molar-refractivity contribution < 1.29 is 14.1 Å². The molecule has 0 radical (unpaired) electrons.